The fourth-order valence-electron chi connectivity index (χ4n) is 5.73. The number of benzene rings is 1. The van der Waals surface area contributed by atoms with Crippen molar-refractivity contribution in [2.75, 3.05) is 26.1 Å². The van der Waals surface area contributed by atoms with Crippen LogP contribution in [0.4, 0.5) is 5.69 Å². The van der Waals surface area contributed by atoms with Gasteiger partial charge in [-0.1, -0.05) is 0 Å². The minimum absolute atomic E-state index is 0.182. The number of hydrogen-bond acceptors (Lipinski definition) is 5. The van der Waals surface area contributed by atoms with E-state index >= 15 is 0 Å². The molecule has 1 aromatic carbocycles. The van der Waals surface area contributed by atoms with Gasteiger partial charge in [0, 0.05) is 6.07 Å². The molecular formula is C21H27NO5. The van der Waals surface area contributed by atoms with E-state index in [1.165, 1.54) is 26.4 Å². The number of methoxy groups -OCH3 is 2. The first-order valence-electron chi connectivity index (χ1n) is 9.70. The first kappa shape index (κ1) is 18.1. The molecule has 146 valence electrons. The minimum Gasteiger partial charge on any atom is -0.497 e. The molecule has 0 atom stereocenters. The second-order valence-corrected chi connectivity index (χ2v) is 8.39. The van der Waals surface area contributed by atoms with Gasteiger partial charge < -0.3 is 19.5 Å². The molecule has 4 aliphatic rings. The Balaban J connectivity index is 1.35. The van der Waals surface area contributed by atoms with Gasteiger partial charge in [0.1, 0.15) is 11.5 Å². The molecule has 6 nitrogen and oxygen atoms in total. The topological polar surface area (TPSA) is 73.9 Å². The fraction of sp³-hybridized carbons (Fsp3) is 0.619. The van der Waals surface area contributed by atoms with Crippen LogP contribution in [0.1, 0.15) is 38.5 Å². The van der Waals surface area contributed by atoms with Crippen LogP contribution < -0.4 is 14.8 Å². The van der Waals surface area contributed by atoms with Crippen molar-refractivity contribution in [3.8, 4) is 11.5 Å². The van der Waals surface area contributed by atoms with E-state index in [9.17, 15) is 9.59 Å². The molecular weight excluding hydrogens is 346 g/mol. The van der Waals surface area contributed by atoms with Gasteiger partial charge in [0.2, 0.25) is 0 Å². The van der Waals surface area contributed by atoms with Gasteiger partial charge in [-0.05, 0) is 68.4 Å². The van der Waals surface area contributed by atoms with Crippen molar-refractivity contribution >= 4 is 17.6 Å². The van der Waals surface area contributed by atoms with Crippen LogP contribution in [-0.2, 0) is 14.3 Å². The van der Waals surface area contributed by atoms with Crippen molar-refractivity contribution in [1.29, 1.82) is 0 Å². The average Bonchev–Trinajstić information content (AvgIpc) is 2.65. The SMILES string of the molecule is COc1ccc(NC(=O)COC(=O)C23CC4CC(CC(C4)C2)C3)c(OC)c1. The second-order valence-electron chi connectivity index (χ2n) is 8.39. The van der Waals surface area contributed by atoms with Crippen LogP contribution in [0, 0.1) is 23.2 Å². The summed E-state index contributed by atoms with van der Waals surface area (Å²) in [5.41, 5.74) is 0.182. The highest BCUT2D eigenvalue weighted by atomic mass is 16.5. The third kappa shape index (κ3) is 3.49. The molecule has 5 rings (SSSR count). The first-order chi connectivity index (χ1) is 13.0. The van der Waals surface area contributed by atoms with Crippen LogP contribution in [0.5, 0.6) is 11.5 Å². The lowest BCUT2D eigenvalue weighted by Gasteiger charge is -2.55. The van der Waals surface area contributed by atoms with Crippen molar-refractivity contribution in [3.05, 3.63) is 18.2 Å². The highest BCUT2D eigenvalue weighted by Gasteiger charge is 2.55. The maximum Gasteiger partial charge on any atom is 0.312 e. The molecule has 4 bridgehead atoms. The summed E-state index contributed by atoms with van der Waals surface area (Å²) in [5.74, 6) is 2.59. The number of carbonyl (C=O) groups is 2. The molecule has 4 saturated carbocycles. The molecule has 0 spiro atoms. The normalized spacial score (nSPS) is 30.7. The molecule has 0 radical (unpaired) electrons. The van der Waals surface area contributed by atoms with Gasteiger partial charge in [-0.3, -0.25) is 9.59 Å². The number of carbonyl (C=O) groups excluding carboxylic acids is 2. The van der Waals surface area contributed by atoms with Crippen LogP contribution in [0.2, 0.25) is 0 Å². The third-order valence-electron chi connectivity index (χ3n) is 6.49. The number of amides is 1. The summed E-state index contributed by atoms with van der Waals surface area (Å²) < 4.78 is 15.9. The van der Waals surface area contributed by atoms with Crippen LogP contribution in [0.15, 0.2) is 18.2 Å². The summed E-state index contributed by atoms with van der Waals surface area (Å²) in [7, 11) is 3.09. The monoisotopic (exact) mass is 373 g/mol. The largest absolute Gasteiger partial charge is 0.497 e. The summed E-state index contributed by atoms with van der Waals surface area (Å²) in [6.07, 6.45) is 6.61. The van der Waals surface area contributed by atoms with Gasteiger partial charge in [-0.2, -0.15) is 0 Å². The standard InChI is InChI=1S/C21H27NO5/c1-25-16-3-4-17(18(8-16)26-2)22-19(23)12-27-20(24)21-9-13-5-14(10-21)7-15(6-13)11-21/h3-4,8,13-15H,5-7,9-12H2,1-2H3,(H,22,23). The zero-order valence-corrected chi connectivity index (χ0v) is 16.0. The van der Waals surface area contributed by atoms with E-state index < -0.39 is 0 Å². The fourth-order valence-corrected chi connectivity index (χ4v) is 5.73. The third-order valence-corrected chi connectivity index (χ3v) is 6.49. The summed E-state index contributed by atoms with van der Waals surface area (Å²) in [6.45, 7) is -0.268. The Labute approximate surface area is 159 Å². The Kier molecular flexibility index (Phi) is 4.74. The first-order valence-corrected chi connectivity index (χ1v) is 9.70. The molecule has 1 N–H and O–H groups in total. The number of ether oxygens (including phenoxy) is 3. The summed E-state index contributed by atoms with van der Waals surface area (Å²) in [6, 6.07) is 5.13. The Morgan fingerprint density at radius 1 is 1.04 bits per heavy atom. The zero-order chi connectivity index (χ0) is 19.0. The molecule has 0 heterocycles. The Morgan fingerprint density at radius 2 is 1.67 bits per heavy atom. The van der Waals surface area contributed by atoms with Crippen molar-refractivity contribution in [2.24, 2.45) is 23.2 Å². The van der Waals surface area contributed by atoms with Gasteiger partial charge in [-0.15, -0.1) is 0 Å². The van der Waals surface area contributed by atoms with Crippen molar-refractivity contribution < 1.29 is 23.8 Å². The van der Waals surface area contributed by atoms with Crippen LogP contribution >= 0.6 is 0 Å². The quantitative estimate of drug-likeness (QED) is 0.774. The van der Waals surface area contributed by atoms with E-state index in [2.05, 4.69) is 5.32 Å². The molecule has 0 unspecified atom stereocenters. The van der Waals surface area contributed by atoms with Crippen LogP contribution in [0.25, 0.3) is 0 Å². The summed E-state index contributed by atoms with van der Waals surface area (Å²) in [4.78, 5) is 25.1. The van der Waals surface area contributed by atoms with E-state index in [0.717, 1.165) is 19.3 Å². The van der Waals surface area contributed by atoms with Gasteiger partial charge in [0.05, 0.1) is 25.3 Å². The lowest BCUT2D eigenvalue weighted by atomic mass is 9.49. The Hall–Kier alpha value is -2.24. The molecule has 1 amide bonds. The van der Waals surface area contributed by atoms with Crippen molar-refractivity contribution in [2.45, 2.75) is 38.5 Å². The molecule has 0 aromatic heterocycles. The molecule has 4 fully saturated rings. The predicted octanol–water partition coefficient (Wildman–Crippen LogP) is 3.40. The number of rotatable bonds is 6. The highest BCUT2D eigenvalue weighted by Crippen LogP contribution is 2.60. The average molecular weight is 373 g/mol. The van der Waals surface area contributed by atoms with E-state index in [0.29, 0.717) is 34.9 Å². The van der Waals surface area contributed by atoms with E-state index in [-0.39, 0.29) is 23.9 Å². The highest BCUT2D eigenvalue weighted by molar-refractivity contribution is 5.94. The molecule has 1 aromatic rings. The number of anilines is 1. The summed E-state index contributed by atoms with van der Waals surface area (Å²) >= 11 is 0. The smallest absolute Gasteiger partial charge is 0.312 e. The second kappa shape index (κ2) is 7.06. The van der Waals surface area contributed by atoms with Crippen LogP contribution in [-0.4, -0.2) is 32.7 Å². The van der Waals surface area contributed by atoms with E-state index in [1.807, 2.05) is 0 Å². The van der Waals surface area contributed by atoms with Crippen molar-refractivity contribution in [3.63, 3.8) is 0 Å². The van der Waals surface area contributed by atoms with Gasteiger partial charge in [-0.25, -0.2) is 0 Å². The molecule has 0 aliphatic heterocycles. The molecule has 27 heavy (non-hydrogen) atoms. The number of esters is 1. The lowest BCUT2D eigenvalue weighted by Crippen LogP contribution is -2.50. The number of hydrogen-bond donors (Lipinski definition) is 1. The molecule has 4 aliphatic carbocycles. The number of nitrogens with one attached hydrogen (secondary N) is 1. The van der Waals surface area contributed by atoms with Gasteiger partial charge in [0.25, 0.3) is 5.91 Å². The minimum atomic E-state index is -0.364. The lowest BCUT2D eigenvalue weighted by molar-refractivity contribution is -0.172. The summed E-state index contributed by atoms with van der Waals surface area (Å²) in [5, 5.41) is 2.75. The van der Waals surface area contributed by atoms with Crippen LogP contribution in [0.3, 0.4) is 0 Å². The Morgan fingerprint density at radius 3 is 2.22 bits per heavy atom. The van der Waals surface area contributed by atoms with Crippen molar-refractivity contribution in [1.82, 2.24) is 0 Å². The van der Waals surface area contributed by atoms with Gasteiger partial charge in [0.15, 0.2) is 6.61 Å². The maximum atomic E-state index is 12.8. The van der Waals surface area contributed by atoms with Gasteiger partial charge >= 0.3 is 5.97 Å². The molecule has 6 heteroatoms. The Bertz CT molecular complexity index is 709. The maximum absolute atomic E-state index is 12.8. The predicted molar refractivity (Wildman–Crippen MR) is 99.7 cm³/mol. The van der Waals surface area contributed by atoms with E-state index in [1.54, 1.807) is 25.3 Å². The van der Waals surface area contributed by atoms with E-state index in [4.69, 9.17) is 14.2 Å². The molecule has 0 saturated heterocycles. The zero-order valence-electron chi connectivity index (χ0n) is 16.0.